The third kappa shape index (κ3) is 18.6. The van der Waals surface area contributed by atoms with Gasteiger partial charge < -0.3 is 50.3 Å². The van der Waals surface area contributed by atoms with E-state index in [0.717, 1.165) is 51.6 Å². The first kappa shape index (κ1) is 46.9. The van der Waals surface area contributed by atoms with Gasteiger partial charge in [-0.3, -0.25) is 10.9 Å². The highest BCUT2D eigenvalue weighted by Gasteiger charge is 2.45. The van der Waals surface area contributed by atoms with Crippen LogP contribution in [0.15, 0.2) is 0 Å². The van der Waals surface area contributed by atoms with Crippen LogP contribution in [-0.2, 0) is 9.47 Å². The van der Waals surface area contributed by atoms with E-state index in [1.165, 1.54) is 122 Å². The Morgan fingerprint density at radius 2 is 1.26 bits per heavy atom. The molecule has 0 aromatic heterocycles. The largest absolute Gasteiger partial charge is 0.394 e. The standard InChI is InChI=1S/C41H82N4O8/c1-2-3-4-5-6-7-8-9-10-14-17-20-23-35(47)37(48)33(31-52-41-40(51)39(50)38(49)36(30-46)53-41)34-29-32(43-44-34)22-19-16-13-11-12-15-18-21-26-45-27-24-42-25-28-45/h32-44,46-51H,2-31H2,1H3/t32?,33-,34?,35-,36?,37+,38?,39?,40?,41?/m1/s1. The molecule has 0 spiro atoms. The van der Waals surface area contributed by atoms with E-state index >= 15 is 0 Å². The van der Waals surface area contributed by atoms with Gasteiger partial charge in [0.1, 0.15) is 24.4 Å². The maximum absolute atomic E-state index is 11.5. The zero-order valence-electron chi connectivity index (χ0n) is 33.4. The summed E-state index contributed by atoms with van der Waals surface area (Å²) < 4.78 is 11.5. The number of piperazine rings is 1. The Labute approximate surface area is 322 Å². The molecule has 9 N–H and O–H groups in total. The molecule has 3 aliphatic rings. The lowest BCUT2D eigenvalue weighted by molar-refractivity contribution is -0.305. The van der Waals surface area contributed by atoms with Crippen LogP contribution < -0.4 is 16.2 Å². The predicted octanol–water partition coefficient (Wildman–Crippen LogP) is 3.88. The van der Waals surface area contributed by atoms with Crippen molar-refractivity contribution in [2.24, 2.45) is 5.92 Å². The summed E-state index contributed by atoms with van der Waals surface area (Å²) in [7, 11) is 0. The van der Waals surface area contributed by atoms with Gasteiger partial charge in [0, 0.05) is 44.2 Å². The molecule has 0 saturated carbocycles. The predicted molar refractivity (Wildman–Crippen MR) is 210 cm³/mol. The van der Waals surface area contributed by atoms with Crippen LogP contribution in [0.4, 0.5) is 0 Å². The zero-order chi connectivity index (χ0) is 38.1. The quantitative estimate of drug-likeness (QED) is 0.0467. The maximum atomic E-state index is 11.5. The zero-order valence-corrected chi connectivity index (χ0v) is 33.4. The molecule has 0 aromatic rings. The molecule has 314 valence electrons. The highest BCUT2D eigenvalue weighted by atomic mass is 16.7. The van der Waals surface area contributed by atoms with Crippen molar-refractivity contribution in [3.63, 3.8) is 0 Å². The molecule has 0 bridgehead atoms. The van der Waals surface area contributed by atoms with Crippen molar-refractivity contribution in [3.8, 4) is 0 Å². The molecule has 10 atom stereocenters. The summed E-state index contributed by atoms with van der Waals surface area (Å²) in [5.41, 5.74) is 6.77. The molecule has 0 aliphatic carbocycles. The summed E-state index contributed by atoms with van der Waals surface area (Å²) in [6.45, 7) is 7.52. The average Bonchev–Trinajstić information content (AvgIpc) is 3.64. The van der Waals surface area contributed by atoms with E-state index < -0.39 is 55.4 Å². The van der Waals surface area contributed by atoms with Crippen molar-refractivity contribution < 1.29 is 40.1 Å². The van der Waals surface area contributed by atoms with Crippen molar-refractivity contribution in [2.75, 3.05) is 45.9 Å². The number of hydrogen-bond donors (Lipinski definition) is 9. The van der Waals surface area contributed by atoms with Crippen LogP contribution in [0, 0.1) is 5.92 Å². The first-order valence-electron chi connectivity index (χ1n) is 22.1. The molecule has 12 heteroatoms. The van der Waals surface area contributed by atoms with Gasteiger partial charge in [-0.2, -0.15) is 0 Å². The molecule has 3 fully saturated rings. The maximum Gasteiger partial charge on any atom is 0.186 e. The van der Waals surface area contributed by atoms with E-state index in [1.807, 2.05) is 0 Å². The van der Waals surface area contributed by atoms with Crippen LogP contribution in [-0.4, -0.2) is 136 Å². The summed E-state index contributed by atoms with van der Waals surface area (Å²) in [4.78, 5) is 2.58. The fraction of sp³-hybridized carbons (Fsp3) is 1.00. The van der Waals surface area contributed by atoms with Gasteiger partial charge in [0.25, 0.3) is 0 Å². The first-order chi connectivity index (χ1) is 25.8. The second-order valence-electron chi connectivity index (χ2n) is 16.5. The number of aliphatic hydroxyl groups excluding tert-OH is 6. The van der Waals surface area contributed by atoms with Gasteiger partial charge >= 0.3 is 0 Å². The van der Waals surface area contributed by atoms with Gasteiger partial charge in [-0.25, -0.2) is 0 Å². The fourth-order valence-corrected chi connectivity index (χ4v) is 8.36. The number of hydrazine groups is 1. The molecule has 3 saturated heterocycles. The van der Waals surface area contributed by atoms with E-state index in [0.29, 0.717) is 6.42 Å². The number of ether oxygens (including phenoxy) is 2. The topological polar surface area (TPSA) is 179 Å². The summed E-state index contributed by atoms with van der Waals surface area (Å²) in [5, 5.41) is 66.6. The smallest absolute Gasteiger partial charge is 0.186 e. The van der Waals surface area contributed by atoms with Crippen LogP contribution in [0.25, 0.3) is 0 Å². The Morgan fingerprint density at radius 1 is 0.698 bits per heavy atom. The van der Waals surface area contributed by atoms with E-state index in [2.05, 4.69) is 28.0 Å². The van der Waals surface area contributed by atoms with Crippen LogP contribution >= 0.6 is 0 Å². The molecule has 0 amide bonds. The lowest BCUT2D eigenvalue weighted by Crippen LogP contribution is -2.59. The average molecular weight is 759 g/mol. The number of rotatable bonds is 31. The normalized spacial score (nSPS) is 28.7. The fourth-order valence-electron chi connectivity index (χ4n) is 8.36. The summed E-state index contributed by atoms with van der Waals surface area (Å²) >= 11 is 0. The third-order valence-electron chi connectivity index (χ3n) is 12.0. The van der Waals surface area contributed by atoms with Crippen molar-refractivity contribution in [3.05, 3.63) is 0 Å². The minimum absolute atomic E-state index is 0.0410. The second kappa shape index (κ2) is 28.8. The molecular weight excluding hydrogens is 676 g/mol. The number of aliphatic hydroxyl groups is 6. The van der Waals surface area contributed by atoms with E-state index in [-0.39, 0.29) is 18.7 Å². The van der Waals surface area contributed by atoms with Gasteiger partial charge in [-0.1, -0.05) is 129 Å². The van der Waals surface area contributed by atoms with Crippen molar-refractivity contribution >= 4 is 0 Å². The number of nitrogens with one attached hydrogen (secondary N) is 3. The van der Waals surface area contributed by atoms with Crippen LogP contribution in [0.5, 0.6) is 0 Å². The van der Waals surface area contributed by atoms with E-state index in [1.54, 1.807) is 0 Å². The van der Waals surface area contributed by atoms with Gasteiger partial charge in [0.15, 0.2) is 6.29 Å². The first-order valence-corrected chi connectivity index (χ1v) is 22.1. The molecular formula is C41H82N4O8. The minimum atomic E-state index is -1.54. The molecule has 0 aromatic carbocycles. The van der Waals surface area contributed by atoms with Crippen molar-refractivity contribution in [1.82, 2.24) is 21.1 Å². The molecule has 3 aliphatic heterocycles. The molecule has 53 heavy (non-hydrogen) atoms. The Balaban J connectivity index is 1.36. The summed E-state index contributed by atoms with van der Waals surface area (Å²) in [6.07, 6.45) is 18.3. The Bertz CT molecular complexity index is 872. The Morgan fingerprint density at radius 3 is 1.87 bits per heavy atom. The lowest BCUT2D eigenvalue weighted by Gasteiger charge is -2.40. The minimum Gasteiger partial charge on any atom is -0.394 e. The number of unbranched alkanes of at least 4 members (excludes halogenated alkanes) is 18. The van der Waals surface area contributed by atoms with E-state index in [9.17, 15) is 30.6 Å². The van der Waals surface area contributed by atoms with Crippen molar-refractivity contribution in [2.45, 2.75) is 210 Å². The molecule has 0 radical (unpaired) electrons. The highest BCUT2D eigenvalue weighted by Crippen LogP contribution is 2.28. The monoisotopic (exact) mass is 759 g/mol. The second-order valence-corrected chi connectivity index (χ2v) is 16.5. The summed E-state index contributed by atoms with van der Waals surface area (Å²) in [6, 6.07) is 0.0538. The number of nitrogens with zero attached hydrogens (tertiary/aromatic N) is 1. The van der Waals surface area contributed by atoms with Crippen LogP contribution in [0.3, 0.4) is 0 Å². The third-order valence-corrected chi connectivity index (χ3v) is 12.0. The van der Waals surface area contributed by atoms with Crippen molar-refractivity contribution in [1.29, 1.82) is 0 Å². The van der Waals surface area contributed by atoms with Gasteiger partial charge in [0.2, 0.25) is 0 Å². The lowest BCUT2D eigenvalue weighted by atomic mass is 9.86. The molecule has 3 rings (SSSR count). The van der Waals surface area contributed by atoms with Crippen LogP contribution in [0.2, 0.25) is 0 Å². The molecule has 7 unspecified atom stereocenters. The van der Waals surface area contributed by atoms with Gasteiger partial charge in [-0.05, 0) is 32.2 Å². The summed E-state index contributed by atoms with van der Waals surface area (Å²) in [5.74, 6) is -0.515. The van der Waals surface area contributed by atoms with Gasteiger partial charge in [-0.15, -0.1) is 0 Å². The SMILES string of the molecule is CCCCCCCCCCCCCC[C@@H](O)[C@@H](O)[C@H](COC1OC(CO)C(O)C(O)C1O)C1CC(CCCCCCCCCCN2CCNCC2)NN1. The van der Waals surface area contributed by atoms with E-state index in [4.69, 9.17) is 9.47 Å². The van der Waals surface area contributed by atoms with Gasteiger partial charge in [0.05, 0.1) is 25.4 Å². The molecule has 3 heterocycles. The Kier molecular flexibility index (Phi) is 25.5. The van der Waals surface area contributed by atoms with Crippen LogP contribution in [0.1, 0.15) is 155 Å². The molecule has 12 nitrogen and oxygen atoms in total. The highest BCUT2D eigenvalue weighted by molar-refractivity contribution is 4.93. The number of hydrogen-bond acceptors (Lipinski definition) is 12. The Hall–Kier alpha value is -0.480.